The van der Waals surface area contributed by atoms with Crippen molar-refractivity contribution in [2.24, 2.45) is 0 Å². The van der Waals surface area contributed by atoms with Gasteiger partial charge in [0.25, 0.3) is 5.91 Å². The highest BCUT2D eigenvalue weighted by atomic mass is 35.5. The van der Waals surface area contributed by atoms with Gasteiger partial charge >= 0.3 is 0 Å². The first-order valence-electron chi connectivity index (χ1n) is 14.6. The molecule has 4 aromatic carbocycles. The van der Waals surface area contributed by atoms with Crippen LogP contribution >= 0.6 is 46.6 Å². The Balaban J connectivity index is 1.36. The SMILES string of the molecule is COc1cc(C2C(C(=O)Nc3ccccc3C)=C(C)Nc3nc(SCc4ccccc4Cl)nn32)ccc1OCc1c(Cl)cccc1Cl. The van der Waals surface area contributed by atoms with Crippen molar-refractivity contribution < 1.29 is 14.3 Å². The lowest BCUT2D eigenvalue weighted by Crippen LogP contribution is -2.31. The first kappa shape index (κ1) is 32.8. The minimum Gasteiger partial charge on any atom is -0.493 e. The molecule has 0 aliphatic carbocycles. The van der Waals surface area contributed by atoms with E-state index in [9.17, 15) is 4.79 Å². The van der Waals surface area contributed by atoms with Crippen molar-refractivity contribution in [3.63, 3.8) is 0 Å². The summed E-state index contributed by atoms with van der Waals surface area (Å²) >= 11 is 20.6. The Morgan fingerprint density at radius 3 is 2.40 bits per heavy atom. The number of rotatable bonds is 10. The van der Waals surface area contributed by atoms with E-state index in [0.717, 1.165) is 22.4 Å². The Bertz CT molecular complexity index is 1980. The monoisotopic (exact) mass is 705 g/mol. The highest BCUT2D eigenvalue weighted by molar-refractivity contribution is 7.98. The molecule has 1 aliphatic rings. The molecule has 1 atom stereocenters. The maximum atomic E-state index is 14.1. The second-order valence-corrected chi connectivity index (χ2v) is 12.9. The number of anilines is 2. The predicted molar refractivity (Wildman–Crippen MR) is 189 cm³/mol. The molecule has 1 unspecified atom stereocenters. The van der Waals surface area contributed by atoms with Crippen molar-refractivity contribution >= 4 is 64.1 Å². The van der Waals surface area contributed by atoms with Gasteiger partial charge in [-0.05, 0) is 66.9 Å². The third-order valence-corrected chi connectivity index (χ3v) is 9.69. The molecule has 1 aliphatic heterocycles. The van der Waals surface area contributed by atoms with E-state index in [0.29, 0.717) is 60.3 Å². The van der Waals surface area contributed by atoms with E-state index in [2.05, 4.69) is 10.6 Å². The number of halogens is 3. The van der Waals surface area contributed by atoms with Gasteiger partial charge in [-0.2, -0.15) is 4.98 Å². The molecule has 2 N–H and O–H groups in total. The fourth-order valence-electron chi connectivity index (χ4n) is 5.25. The molecular weight excluding hydrogens is 677 g/mol. The number of para-hydroxylation sites is 1. The molecule has 47 heavy (non-hydrogen) atoms. The molecule has 0 saturated carbocycles. The number of hydrogen-bond acceptors (Lipinski definition) is 7. The summed E-state index contributed by atoms with van der Waals surface area (Å²) in [4.78, 5) is 18.8. The van der Waals surface area contributed by atoms with Crippen molar-refractivity contribution in [2.75, 3.05) is 17.7 Å². The summed E-state index contributed by atoms with van der Waals surface area (Å²) in [5.41, 5.74) is 5.18. The van der Waals surface area contributed by atoms with Gasteiger partial charge in [0, 0.05) is 37.8 Å². The summed E-state index contributed by atoms with van der Waals surface area (Å²) in [5, 5.41) is 13.5. The van der Waals surface area contributed by atoms with Crippen LogP contribution in [0.25, 0.3) is 0 Å². The minimum absolute atomic E-state index is 0.143. The third-order valence-electron chi connectivity index (χ3n) is 7.72. The highest BCUT2D eigenvalue weighted by Gasteiger charge is 2.35. The van der Waals surface area contributed by atoms with Crippen molar-refractivity contribution in [1.29, 1.82) is 0 Å². The molecule has 0 fully saturated rings. The number of ether oxygens (including phenoxy) is 2. The van der Waals surface area contributed by atoms with Gasteiger partial charge in [0.05, 0.1) is 12.7 Å². The lowest BCUT2D eigenvalue weighted by molar-refractivity contribution is -0.113. The van der Waals surface area contributed by atoms with Gasteiger partial charge in [-0.15, -0.1) is 5.10 Å². The number of aromatic nitrogens is 3. The molecule has 0 radical (unpaired) electrons. The number of carbonyl (C=O) groups is 1. The Morgan fingerprint density at radius 2 is 1.66 bits per heavy atom. The van der Waals surface area contributed by atoms with Gasteiger partial charge in [0.1, 0.15) is 12.6 Å². The fourth-order valence-corrected chi connectivity index (χ4v) is 6.87. The van der Waals surface area contributed by atoms with Crippen LogP contribution in [0.2, 0.25) is 15.1 Å². The van der Waals surface area contributed by atoms with Crippen LogP contribution in [0.4, 0.5) is 11.6 Å². The van der Waals surface area contributed by atoms with E-state index in [1.54, 1.807) is 36.1 Å². The molecule has 0 spiro atoms. The number of carbonyl (C=O) groups excluding carboxylic acids is 1. The lowest BCUT2D eigenvalue weighted by atomic mass is 9.94. The summed E-state index contributed by atoms with van der Waals surface area (Å²) < 4.78 is 13.6. The van der Waals surface area contributed by atoms with Gasteiger partial charge < -0.3 is 20.1 Å². The summed E-state index contributed by atoms with van der Waals surface area (Å²) in [7, 11) is 1.56. The van der Waals surface area contributed by atoms with E-state index in [-0.39, 0.29) is 12.5 Å². The van der Waals surface area contributed by atoms with Crippen LogP contribution in [0.1, 0.15) is 35.2 Å². The topological polar surface area (TPSA) is 90.3 Å². The number of aryl methyl sites for hydroxylation is 1. The first-order valence-corrected chi connectivity index (χ1v) is 16.8. The molecular formula is C35H30Cl3N5O3S. The van der Waals surface area contributed by atoms with Crippen LogP contribution in [-0.2, 0) is 17.2 Å². The molecule has 2 heterocycles. The molecule has 6 rings (SSSR count). The van der Waals surface area contributed by atoms with E-state index in [4.69, 9.17) is 54.4 Å². The van der Waals surface area contributed by atoms with Gasteiger partial charge in [0.2, 0.25) is 11.1 Å². The number of thioether (sulfide) groups is 1. The summed E-state index contributed by atoms with van der Waals surface area (Å²) in [6, 6.07) is 25.5. The molecule has 5 aromatic rings. The van der Waals surface area contributed by atoms with Crippen molar-refractivity contribution in [2.45, 2.75) is 37.4 Å². The largest absolute Gasteiger partial charge is 0.493 e. The fraction of sp³-hybridized carbons (Fsp3) is 0.171. The maximum Gasteiger partial charge on any atom is 0.255 e. The van der Waals surface area contributed by atoms with Gasteiger partial charge in [-0.25, -0.2) is 4.68 Å². The zero-order chi connectivity index (χ0) is 33.1. The first-order chi connectivity index (χ1) is 22.7. The minimum atomic E-state index is -0.640. The number of hydrogen-bond donors (Lipinski definition) is 2. The van der Waals surface area contributed by atoms with Crippen molar-refractivity contribution in [3.8, 4) is 11.5 Å². The average molecular weight is 707 g/mol. The maximum absolute atomic E-state index is 14.1. The molecule has 1 aromatic heterocycles. The summed E-state index contributed by atoms with van der Waals surface area (Å²) in [6.45, 7) is 3.95. The number of allylic oxidation sites excluding steroid dienone is 1. The Morgan fingerprint density at radius 1 is 0.936 bits per heavy atom. The number of methoxy groups -OCH3 is 1. The van der Waals surface area contributed by atoms with Crippen LogP contribution in [0, 0.1) is 6.92 Å². The molecule has 12 heteroatoms. The van der Waals surface area contributed by atoms with Gasteiger partial charge in [-0.1, -0.05) is 95.1 Å². The van der Waals surface area contributed by atoms with E-state index >= 15 is 0 Å². The van der Waals surface area contributed by atoms with Gasteiger partial charge in [0.15, 0.2) is 11.5 Å². The van der Waals surface area contributed by atoms with E-state index in [1.165, 1.54) is 11.8 Å². The molecule has 8 nitrogen and oxygen atoms in total. The van der Waals surface area contributed by atoms with Crippen molar-refractivity contribution in [1.82, 2.24) is 14.8 Å². The standard InChI is InChI=1S/C35H30Cl3N5O3S/c1-20-9-4-7-14-28(20)40-33(44)31-21(2)39-34-41-35(47-19-23-10-5-6-11-25(23)36)42-43(34)32(31)22-15-16-29(30(17-22)45-3)46-18-24-26(37)12-8-13-27(24)38/h4-17,32H,18-19H2,1-3H3,(H,40,44)(H,39,41,42). The smallest absolute Gasteiger partial charge is 0.255 e. The molecule has 1 amide bonds. The van der Waals surface area contributed by atoms with Crippen molar-refractivity contribution in [3.05, 3.63) is 134 Å². The van der Waals surface area contributed by atoms with E-state index in [1.807, 2.05) is 74.5 Å². The average Bonchev–Trinajstić information content (AvgIpc) is 3.47. The number of nitrogens with zero attached hydrogens (tertiary/aromatic N) is 3. The highest BCUT2D eigenvalue weighted by Crippen LogP contribution is 2.41. The Labute approximate surface area is 292 Å². The Kier molecular flexibility index (Phi) is 9.98. The number of nitrogens with one attached hydrogen (secondary N) is 2. The van der Waals surface area contributed by atoms with Gasteiger partial charge in [-0.3, -0.25) is 4.79 Å². The summed E-state index contributed by atoms with van der Waals surface area (Å²) in [5.74, 6) is 1.77. The number of benzene rings is 4. The van der Waals surface area contributed by atoms with Crippen LogP contribution in [0.5, 0.6) is 11.5 Å². The molecule has 0 bridgehead atoms. The molecule has 0 saturated heterocycles. The second-order valence-electron chi connectivity index (χ2n) is 10.8. The zero-order valence-corrected chi connectivity index (χ0v) is 28.8. The zero-order valence-electron chi connectivity index (χ0n) is 25.7. The van der Waals surface area contributed by atoms with Crippen LogP contribution in [0.15, 0.2) is 101 Å². The quantitative estimate of drug-likeness (QED) is 0.140. The van der Waals surface area contributed by atoms with Crippen LogP contribution in [0.3, 0.4) is 0 Å². The third kappa shape index (κ3) is 7.09. The lowest BCUT2D eigenvalue weighted by Gasteiger charge is -2.29. The van der Waals surface area contributed by atoms with Crippen LogP contribution < -0.4 is 20.1 Å². The number of amides is 1. The summed E-state index contributed by atoms with van der Waals surface area (Å²) in [6.07, 6.45) is 0. The predicted octanol–water partition coefficient (Wildman–Crippen LogP) is 9.35. The normalized spacial score (nSPS) is 14.0. The molecule has 240 valence electrons. The number of fused-ring (bicyclic) bond motifs is 1. The second kappa shape index (κ2) is 14.3. The Hall–Kier alpha value is -4.15. The van der Waals surface area contributed by atoms with E-state index < -0.39 is 6.04 Å². The van der Waals surface area contributed by atoms with Crippen LogP contribution in [-0.4, -0.2) is 27.8 Å².